The van der Waals surface area contributed by atoms with E-state index in [1.54, 1.807) is 0 Å². The highest BCUT2D eigenvalue weighted by atomic mass is 16.6. The van der Waals surface area contributed by atoms with E-state index in [2.05, 4.69) is 10.3 Å². The van der Waals surface area contributed by atoms with Crippen LogP contribution in [0.3, 0.4) is 0 Å². The highest BCUT2D eigenvalue weighted by molar-refractivity contribution is 5.67. The van der Waals surface area contributed by atoms with Crippen LogP contribution in [-0.2, 0) is 4.74 Å². The summed E-state index contributed by atoms with van der Waals surface area (Å²) in [6, 6.07) is 0. The van der Waals surface area contributed by atoms with Crippen molar-refractivity contribution in [2.45, 2.75) is 46.1 Å². The molecule has 1 fully saturated rings. The second kappa shape index (κ2) is 6.95. The van der Waals surface area contributed by atoms with Crippen LogP contribution in [0.2, 0.25) is 0 Å². The quantitative estimate of drug-likeness (QED) is 0.763. The molecule has 0 aromatic heterocycles. The number of rotatable bonds is 5. The molecule has 1 rings (SSSR count). The van der Waals surface area contributed by atoms with Gasteiger partial charge in [-0.3, -0.25) is 5.43 Å². The van der Waals surface area contributed by atoms with Crippen LogP contribution in [0.5, 0.6) is 0 Å². The Morgan fingerprint density at radius 1 is 1.33 bits per heavy atom. The van der Waals surface area contributed by atoms with Crippen molar-refractivity contribution in [1.82, 2.24) is 15.3 Å². The highest BCUT2D eigenvalue weighted by Crippen LogP contribution is 2.08. The Bertz CT molecular complexity index is 257. The number of carbonyl (C=O) groups excluding carboxylic acids is 1. The van der Waals surface area contributed by atoms with E-state index < -0.39 is 5.60 Å². The van der Waals surface area contributed by atoms with Crippen molar-refractivity contribution < 1.29 is 9.53 Å². The molecule has 5 heteroatoms. The second-order valence-electron chi connectivity index (χ2n) is 5.74. The van der Waals surface area contributed by atoms with Gasteiger partial charge < -0.3 is 9.64 Å². The third-order valence-electron chi connectivity index (χ3n) is 2.91. The molecule has 0 spiro atoms. The van der Waals surface area contributed by atoms with Gasteiger partial charge in [0.05, 0.1) is 0 Å². The van der Waals surface area contributed by atoms with Gasteiger partial charge in [-0.1, -0.05) is 6.92 Å². The van der Waals surface area contributed by atoms with Crippen molar-refractivity contribution in [1.29, 1.82) is 0 Å². The van der Waals surface area contributed by atoms with Gasteiger partial charge in [0.2, 0.25) is 0 Å². The van der Waals surface area contributed by atoms with Crippen molar-refractivity contribution in [2.75, 3.05) is 32.7 Å². The SMILES string of the molecule is CCN(CCN1CCCC1)NC(=O)OC(C)(C)C. The molecule has 1 aliphatic rings. The fraction of sp³-hybridized carbons (Fsp3) is 0.923. The van der Waals surface area contributed by atoms with E-state index in [4.69, 9.17) is 4.74 Å². The van der Waals surface area contributed by atoms with Crippen molar-refractivity contribution in [3.63, 3.8) is 0 Å². The van der Waals surface area contributed by atoms with E-state index in [0.29, 0.717) is 0 Å². The van der Waals surface area contributed by atoms with Gasteiger partial charge in [0.25, 0.3) is 0 Å². The number of nitrogens with one attached hydrogen (secondary N) is 1. The number of likely N-dealkylation sites (tertiary alicyclic amines) is 1. The minimum absolute atomic E-state index is 0.370. The molecular weight excluding hydrogens is 230 g/mol. The Labute approximate surface area is 110 Å². The molecule has 1 saturated heterocycles. The van der Waals surface area contributed by atoms with Crippen LogP contribution >= 0.6 is 0 Å². The number of nitrogens with zero attached hydrogens (tertiary/aromatic N) is 2. The van der Waals surface area contributed by atoms with Crippen molar-refractivity contribution in [3.8, 4) is 0 Å². The van der Waals surface area contributed by atoms with Crippen LogP contribution in [0.25, 0.3) is 0 Å². The summed E-state index contributed by atoms with van der Waals surface area (Å²) in [5.74, 6) is 0. The van der Waals surface area contributed by atoms with Gasteiger partial charge in [0.1, 0.15) is 5.60 Å². The lowest BCUT2D eigenvalue weighted by Gasteiger charge is -2.26. The molecule has 0 atom stereocenters. The van der Waals surface area contributed by atoms with E-state index in [0.717, 1.165) is 19.6 Å². The zero-order chi connectivity index (χ0) is 13.6. The van der Waals surface area contributed by atoms with E-state index in [9.17, 15) is 4.79 Å². The summed E-state index contributed by atoms with van der Waals surface area (Å²) in [6.45, 7) is 12.6. The van der Waals surface area contributed by atoms with Gasteiger partial charge >= 0.3 is 6.09 Å². The fourth-order valence-electron chi connectivity index (χ4n) is 1.99. The average Bonchev–Trinajstić information content (AvgIpc) is 2.74. The summed E-state index contributed by atoms with van der Waals surface area (Å²) in [4.78, 5) is 14.1. The van der Waals surface area contributed by atoms with Crippen molar-refractivity contribution >= 4 is 6.09 Å². The van der Waals surface area contributed by atoms with Gasteiger partial charge in [-0.05, 0) is 46.7 Å². The Kier molecular flexibility index (Phi) is 5.88. The maximum atomic E-state index is 11.6. The first-order valence-electron chi connectivity index (χ1n) is 6.87. The molecule has 1 amide bonds. The maximum absolute atomic E-state index is 11.6. The first-order valence-corrected chi connectivity index (χ1v) is 6.87. The zero-order valence-electron chi connectivity index (χ0n) is 12.2. The molecule has 0 saturated carbocycles. The number of amides is 1. The highest BCUT2D eigenvalue weighted by Gasteiger charge is 2.18. The number of likely N-dealkylation sites (N-methyl/N-ethyl adjacent to an activating group) is 1. The summed E-state index contributed by atoms with van der Waals surface area (Å²) in [5, 5.41) is 1.91. The van der Waals surface area contributed by atoms with Crippen molar-refractivity contribution in [2.24, 2.45) is 0 Å². The number of hydrogen-bond acceptors (Lipinski definition) is 4. The molecule has 1 N–H and O–H groups in total. The molecule has 18 heavy (non-hydrogen) atoms. The Morgan fingerprint density at radius 2 is 1.94 bits per heavy atom. The maximum Gasteiger partial charge on any atom is 0.422 e. The van der Waals surface area contributed by atoms with E-state index >= 15 is 0 Å². The first kappa shape index (κ1) is 15.2. The molecule has 1 aliphatic heterocycles. The number of carbonyl (C=O) groups is 1. The van der Waals surface area contributed by atoms with Gasteiger partial charge in [-0.2, -0.15) is 0 Å². The summed E-state index contributed by atoms with van der Waals surface area (Å²) in [5.41, 5.74) is 2.35. The van der Waals surface area contributed by atoms with Gasteiger partial charge in [0, 0.05) is 19.6 Å². The molecule has 0 unspecified atom stereocenters. The van der Waals surface area contributed by atoms with E-state index in [1.165, 1.54) is 25.9 Å². The normalized spacial score (nSPS) is 17.2. The standard InChI is InChI=1S/C13H27N3O2/c1-5-16(11-10-15-8-6-7-9-15)14-12(17)18-13(2,3)4/h5-11H2,1-4H3,(H,14,17). The lowest BCUT2D eigenvalue weighted by atomic mass is 10.2. The third kappa shape index (κ3) is 6.21. The minimum Gasteiger partial charge on any atom is -0.443 e. The van der Waals surface area contributed by atoms with Crippen LogP contribution in [0.1, 0.15) is 40.5 Å². The largest absolute Gasteiger partial charge is 0.443 e. The Balaban J connectivity index is 2.25. The van der Waals surface area contributed by atoms with Gasteiger partial charge in [-0.15, -0.1) is 0 Å². The summed E-state index contributed by atoms with van der Waals surface area (Å²) >= 11 is 0. The molecule has 106 valence electrons. The average molecular weight is 257 g/mol. The summed E-state index contributed by atoms with van der Waals surface area (Å²) in [7, 11) is 0. The van der Waals surface area contributed by atoms with E-state index in [-0.39, 0.29) is 6.09 Å². The van der Waals surface area contributed by atoms with Crippen LogP contribution in [-0.4, -0.2) is 54.3 Å². The monoisotopic (exact) mass is 257 g/mol. The molecule has 0 radical (unpaired) electrons. The van der Waals surface area contributed by atoms with Crippen molar-refractivity contribution in [3.05, 3.63) is 0 Å². The van der Waals surface area contributed by atoms with Crippen LogP contribution in [0, 0.1) is 0 Å². The number of hydrazine groups is 1. The molecule has 0 aliphatic carbocycles. The third-order valence-corrected chi connectivity index (χ3v) is 2.91. The zero-order valence-corrected chi connectivity index (χ0v) is 12.2. The predicted octanol–water partition coefficient (Wildman–Crippen LogP) is 1.84. The Hall–Kier alpha value is -0.810. The molecule has 1 heterocycles. The number of hydrogen-bond donors (Lipinski definition) is 1. The Morgan fingerprint density at radius 3 is 2.44 bits per heavy atom. The van der Waals surface area contributed by atoms with Crippen LogP contribution in [0.4, 0.5) is 4.79 Å². The molecule has 0 aromatic carbocycles. The predicted molar refractivity (Wildman–Crippen MR) is 72.3 cm³/mol. The molecule has 5 nitrogen and oxygen atoms in total. The lowest BCUT2D eigenvalue weighted by molar-refractivity contribution is 0.0325. The smallest absolute Gasteiger partial charge is 0.422 e. The van der Waals surface area contributed by atoms with Crippen LogP contribution < -0.4 is 5.43 Å². The molecular formula is C13H27N3O2. The topological polar surface area (TPSA) is 44.8 Å². The minimum atomic E-state index is -0.446. The van der Waals surface area contributed by atoms with Gasteiger partial charge in [0.15, 0.2) is 0 Å². The summed E-state index contributed by atoms with van der Waals surface area (Å²) in [6.07, 6.45) is 2.22. The van der Waals surface area contributed by atoms with Gasteiger partial charge in [-0.25, -0.2) is 9.80 Å². The fourth-order valence-corrected chi connectivity index (χ4v) is 1.99. The molecule has 0 aromatic rings. The summed E-state index contributed by atoms with van der Waals surface area (Å²) < 4.78 is 5.24. The molecule has 0 bridgehead atoms. The van der Waals surface area contributed by atoms with Crippen LogP contribution in [0.15, 0.2) is 0 Å². The second-order valence-corrected chi connectivity index (χ2v) is 5.74. The number of ether oxygens (including phenoxy) is 1. The first-order chi connectivity index (χ1) is 8.40. The lowest BCUT2D eigenvalue weighted by Crippen LogP contribution is -2.47. The van der Waals surface area contributed by atoms with E-state index in [1.807, 2.05) is 32.7 Å².